The zero-order valence-corrected chi connectivity index (χ0v) is 12.0. The Morgan fingerprint density at radius 2 is 2.19 bits per heavy atom. The molecule has 4 heteroatoms. The number of aromatic nitrogens is 1. The van der Waals surface area contributed by atoms with Crippen LogP contribution in [0.2, 0.25) is 0 Å². The standard InChI is InChI=1S/C17H20N2O2/c20-17(21)6-5-13-8-10-19(11-13)12-14-7-9-18-16-4-2-1-3-15(14)16/h1-4,7,9,13H,5-6,8,10-12H2,(H,20,21). The van der Waals surface area contributed by atoms with Gasteiger partial charge in [-0.1, -0.05) is 18.2 Å². The Morgan fingerprint density at radius 1 is 1.33 bits per heavy atom. The Morgan fingerprint density at radius 3 is 3.05 bits per heavy atom. The molecule has 0 bridgehead atoms. The molecule has 0 saturated carbocycles. The summed E-state index contributed by atoms with van der Waals surface area (Å²) in [5.74, 6) is -0.164. The van der Waals surface area contributed by atoms with Gasteiger partial charge in [-0.05, 0) is 43.0 Å². The van der Waals surface area contributed by atoms with Crippen molar-refractivity contribution in [2.24, 2.45) is 5.92 Å². The van der Waals surface area contributed by atoms with Gasteiger partial charge in [0.25, 0.3) is 0 Å². The number of pyridine rings is 1. The summed E-state index contributed by atoms with van der Waals surface area (Å²) >= 11 is 0. The molecule has 0 radical (unpaired) electrons. The molecule has 2 aromatic rings. The van der Waals surface area contributed by atoms with E-state index in [-0.39, 0.29) is 6.42 Å². The van der Waals surface area contributed by atoms with E-state index in [0.29, 0.717) is 5.92 Å². The summed E-state index contributed by atoms with van der Waals surface area (Å²) < 4.78 is 0. The molecule has 1 N–H and O–H groups in total. The van der Waals surface area contributed by atoms with Crippen LogP contribution in [0.5, 0.6) is 0 Å². The summed E-state index contributed by atoms with van der Waals surface area (Å²) in [6, 6.07) is 10.3. The summed E-state index contributed by atoms with van der Waals surface area (Å²) in [5.41, 5.74) is 2.34. The highest BCUT2D eigenvalue weighted by molar-refractivity contribution is 5.81. The number of carboxylic acid groups (broad SMARTS) is 1. The number of carbonyl (C=O) groups is 1. The zero-order valence-electron chi connectivity index (χ0n) is 12.0. The van der Waals surface area contributed by atoms with E-state index in [2.05, 4.69) is 22.0 Å². The van der Waals surface area contributed by atoms with E-state index >= 15 is 0 Å². The molecule has 110 valence electrons. The first kappa shape index (κ1) is 14.0. The molecule has 1 aromatic carbocycles. The monoisotopic (exact) mass is 284 g/mol. The van der Waals surface area contributed by atoms with E-state index < -0.39 is 5.97 Å². The number of para-hydroxylation sites is 1. The smallest absolute Gasteiger partial charge is 0.303 e. The van der Waals surface area contributed by atoms with Crippen LogP contribution in [0.4, 0.5) is 0 Å². The molecule has 2 heterocycles. The SMILES string of the molecule is O=C(O)CCC1CCN(Cc2ccnc3ccccc23)C1. The molecule has 21 heavy (non-hydrogen) atoms. The minimum atomic E-state index is -0.687. The Balaban J connectivity index is 1.65. The molecule has 0 amide bonds. The Bertz CT molecular complexity index is 636. The number of carboxylic acids is 1. The topological polar surface area (TPSA) is 53.4 Å². The molecule has 1 aliphatic rings. The Labute approximate surface area is 124 Å². The van der Waals surface area contributed by atoms with Gasteiger partial charge in [0, 0.05) is 31.1 Å². The van der Waals surface area contributed by atoms with Crippen molar-refractivity contribution in [2.75, 3.05) is 13.1 Å². The summed E-state index contributed by atoms with van der Waals surface area (Å²) in [5, 5.41) is 9.99. The largest absolute Gasteiger partial charge is 0.481 e. The minimum Gasteiger partial charge on any atom is -0.481 e. The fourth-order valence-corrected chi connectivity index (χ4v) is 3.15. The van der Waals surface area contributed by atoms with Crippen LogP contribution in [-0.2, 0) is 11.3 Å². The molecular formula is C17H20N2O2. The second-order valence-corrected chi connectivity index (χ2v) is 5.81. The molecule has 1 atom stereocenters. The van der Waals surface area contributed by atoms with E-state index in [1.165, 1.54) is 10.9 Å². The van der Waals surface area contributed by atoms with Gasteiger partial charge in [0.2, 0.25) is 0 Å². The molecule has 1 saturated heterocycles. The van der Waals surface area contributed by atoms with Crippen LogP contribution in [0.1, 0.15) is 24.8 Å². The summed E-state index contributed by atoms with van der Waals surface area (Å²) in [4.78, 5) is 17.5. The summed E-state index contributed by atoms with van der Waals surface area (Å²) in [7, 11) is 0. The van der Waals surface area contributed by atoms with Crippen molar-refractivity contribution in [2.45, 2.75) is 25.8 Å². The summed E-state index contributed by atoms with van der Waals surface area (Å²) in [6.45, 7) is 2.98. The Kier molecular flexibility index (Phi) is 4.15. The van der Waals surface area contributed by atoms with E-state index in [0.717, 1.165) is 38.0 Å². The molecular weight excluding hydrogens is 264 g/mol. The molecule has 3 rings (SSSR count). The van der Waals surface area contributed by atoms with Crippen molar-refractivity contribution in [3.8, 4) is 0 Å². The van der Waals surface area contributed by atoms with E-state index in [9.17, 15) is 4.79 Å². The molecule has 0 aliphatic carbocycles. The molecule has 1 aromatic heterocycles. The van der Waals surface area contributed by atoms with Gasteiger partial charge in [-0.3, -0.25) is 14.7 Å². The van der Waals surface area contributed by atoms with Crippen molar-refractivity contribution in [1.29, 1.82) is 0 Å². The van der Waals surface area contributed by atoms with Crippen molar-refractivity contribution in [1.82, 2.24) is 9.88 Å². The highest BCUT2D eigenvalue weighted by Crippen LogP contribution is 2.24. The van der Waals surface area contributed by atoms with E-state index in [4.69, 9.17) is 5.11 Å². The van der Waals surface area contributed by atoms with Gasteiger partial charge < -0.3 is 5.11 Å². The van der Waals surface area contributed by atoms with Crippen molar-refractivity contribution in [3.05, 3.63) is 42.1 Å². The van der Waals surface area contributed by atoms with Crippen LogP contribution in [0.3, 0.4) is 0 Å². The third-order valence-electron chi connectivity index (χ3n) is 4.27. The number of aliphatic carboxylic acids is 1. The highest BCUT2D eigenvalue weighted by atomic mass is 16.4. The predicted molar refractivity (Wildman–Crippen MR) is 82.0 cm³/mol. The first-order chi connectivity index (χ1) is 10.2. The second-order valence-electron chi connectivity index (χ2n) is 5.81. The quantitative estimate of drug-likeness (QED) is 0.917. The molecule has 4 nitrogen and oxygen atoms in total. The lowest BCUT2D eigenvalue weighted by Crippen LogP contribution is -2.20. The van der Waals surface area contributed by atoms with Crippen LogP contribution in [0.25, 0.3) is 10.9 Å². The lowest BCUT2D eigenvalue weighted by Gasteiger charge is -2.17. The number of likely N-dealkylation sites (tertiary alicyclic amines) is 1. The lowest BCUT2D eigenvalue weighted by molar-refractivity contribution is -0.137. The van der Waals surface area contributed by atoms with Crippen LogP contribution >= 0.6 is 0 Å². The average Bonchev–Trinajstić information content (AvgIpc) is 2.93. The van der Waals surface area contributed by atoms with Gasteiger partial charge in [-0.15, -0.1) is 0 Å². The third kappa shape index (κ3) is 3.39. The fourth-order valence-electron chi connectivity index (χ4n) is 3.15. The van der Waals surface area contributed by atoms with Gasteiger partial charge in [0.15, 0.2) is 0 Å². The lowest BCUT2D eigenvalue weighted by atomic mass is 10.0. The number of hydrogen-bond donors (Lipinski definition) is 1. The van der Waals surface area contributed by atoms with Crippen LogP contribution in [0, 0.1) is 5.92 Å². The molecule has 1 aliphatic heterocycles. The maximum absolute atomic E-state index is 10.7. The maximum atomic E-state index is 10.7. The first-order valence-corrected chi connectivity index (χ1v) is 7.49. The second kappa shape index (κ2) is 6.22. The molecule has 1 fully saturated rings. The molecule has 1 unspecified atom stereocenters. The first-order valence-electron chi connectivity index (χ1n) is 7.49. The van der Waals surface area contributed by atoms with Crippen molar-refractivity contribution in [3.63, 3.8) is 0 Å². The summed E-state index contributed by atoms with van der Waals surface area (Å²) in [6.07, 6.45) is 4.06. The number of rotatable bonds is 5. The number of nitrogens with zero attached hydrogens (tertiary/aromatic N) is 2. The van der Waals surface area contributed by atoms with E-state index in [1.807, 2.05) is 24.4 Å². The highest BCUT2D eigenvalue weighted by Gasteiger charge is 2.23. The average molecular weight is 284 g/mol. The molecule has 0 spiro atoms. The minimum absolute atomic E-state index is 0.288. The number of hydrogen-bond acceptors (Lipinski definition) is 3. The van der Waals surface area contributed by atoms with Crippen LogP contribution < -0.4 is 0 Å². The number of benzene rings is 1. The van der Waals surface area contributed by atoms with Crippen molar-refractivity contribution >= 4 is 16.9 Å². The van der Waals surface area contributed by atoms with Gasteiger partial charge >= 0.3 is 5.97 Å². The third-order valence-corrected chi connectivity index (χ3v) is 4.27. The zero-order chi connectivity index (χ0) is 14.7. The van der Waals surface area contributed by atoms with Crippen LogP contribution in [-0.4, -0.2) is 34.0 Å². The van der Waals surface area contributed by atoms with Crippen LogP contribution in [0.15, 0.2) is 36.5 Å². The number of fused-ring (bicyclic) bond motifs is 1. The van der Waals surface area contributed by atoms with Crippen molar-refractivity contribution < 1.29 is 9.90 Å². The maximum Gasteiger partial charge on any atom is 0.303 e. The van der Waals surface area contributed by atoms with E-state index in [1.54, 1.807) is 0 Å². The van der Waals surface area contributed by atoms with Gasteiger partial charge in [0.05, 0.1) is 5.52 Å². The fraction of sp³-hybridized carbons (Fsp3) is 0.412. The predicted octanol–water partition coefficient (Wildman–Crippen LogP) is 2.92. The van der Waals surface area contributed by atoms with Gasteiger partial charge in [-0.2, -0.15) is 0 Å². The van der Waals surface area contributed by atoms with Gasteiger partial charge in [-0.25, -0.2) is 0 Å². The normalized spacial score (nSPS) is 19.1. The Hall–Kier alpha value is -1.94. The van der Waals surface area contributed by atoms with Gasteiger partial charge in [0.1, 0.15) is 0 Å².